The number of carbonyl (C=O) groups excluding carboxylic acids is 2. The lowest BCUT2D eigenvalue weighted by molar-refractivity contribution is -0.151. The molecular weight excluding hydrogens is 248 g/mol. The Labute approximate surface area is 112 Å². The average molecular weight is 268 g/mol. The number of piperidine rings is 1. The molecule has 2 heterocycles. The molecule has 0 aliphatic carbocycles. The highest BCUT2D eigenvalue weighted by molar-refractivity contribution is 6.01. The van der Waals surface area contributed by atoms with Crippen molar-refractivity contribution in [1.82, 2.24) is 9.80 Å². The Morgan fingerprint density at radius 1 is 1.26 bits per heavy atom. The first-order valence-electron chi connectivity index (χ1n) is 6.71. The standard InChI is InChI=1S/C13H20N2O4/c1-13(12(18)19)5-2-6-14(9-13)7-8-15-10(16)3-4-11(15)17/h2-9H2,1H3,(H,18,19). The van der Waals surface area contributed by atoms with E-state index in [9.17, 15) is 19.5 Å². The molecular formula is C13H20N2O4. The summed E-state index contributed by atoms with van der Waals surface area (Å²) in [5, 5.41) is 9.23. The van der Waals surface area contributed by atoms with Crippen molar-refractivity contribution >= 4 is 17.8 Å². The first kappa shape index (κ1) is 14.0. The number of likely N-dealkylation sites (tertiary alicyclic amines) is 2. The van der Waals surface area contributed by atoms with Crippen LogP contribution in [0.15, 0.2) is 0 Å². The quantitative estimate of drug-likeness (QED) is 0.743. The molecule has 1 atom stereocenters. The van der Waals surface area contributed by atoms with Crippen LogP contribution in [0.1, 0.15) is 32.6 Å². The van der Waals surface area contributed by atoms with Crippen LogP contribution in [-0.2, 0) is 14.4 Å². The molecule has 1 N–H and O–H groups in total. The highest BCUT2D eigenvalue weighted by atomic mass is 16.4. The van der Waals surface area contributed by atoms with Crippen LogP contribution in [0, 0.1) is 5.41 Å². The number of hydrogen-bond donors (Lipinski definition) is 1. The lowest BCUT2D eigenvalue weighted by Gasteiger charge is -2.37. The molecule has 0 radical (unpaired) electrons. The van der Waals surface area contributed by atoms with Crippen LogP contribution in [0.4, 0.5) is 0 Å². The van der Waals surface area contributed by atoms with Crippen LogP contribution >= 0.6 is 0 Å². The van der Waals surface area contributed by atoms with Gasteiger partial charge in [-0.2, -0.15) is 0 Å². The zero-order chi connectivity index (χ0) is 14.0. The molecule has 1 unspecified atom stereocenters. The molecule has 2 aliphatic heterocycles. The maximum atomic E-state index is 11.5. The van der Waals surface area contributed by atoms with Crippen molar-refractivity contribution in [3.63, 3.8) is 0 Å². The van der Waals surface area contributed by atoms with Crippen molar-refractivity contribution in [1.29, 1.82) is 0 Å². The van der Waals surface area contributed by atoms with Gasteiger partial charge in [-0.1, -0.05) is 0 Å². The number of carboxylic acid groups (broad SMARTS) is 1. The van der Waals surface area contributed by atoms with Crippen LogP contribution in [0.2, 0.25) is 0 Å². The van der Waals surface area contributed by atoms with E-state index >= 15 is 0 Å². The summed E-state index contributed by atoms with van der Waals surface area (Å²) in [6, 6.07) is 0. The van der Waals surface area contributed by atoms with Crippen molar-refractivity contribution < 1.29 is 19.5 Å². The van der Waals surface area contributed by atoms with Gasteiger partial charge in [0.25, 0.3) is 0 Å². The van der Waals surface area contributed by atoms with Gasteiger partial charge in [-0.05, 0) is 26.3 Å². The summed E-state index contributed by atoms with van der Waals surface area (Å²) in [6.45, 7) is 4.03. The predicted octanol–water partition coefficient (Wildman–Crippen LogP) is 0.322. The molecule has 2 rings (SSSR count). The summed E-state index contributed by atoms with van der Waals surface area (Å²) < 4.78 is 0. The number of carbonyl (C=O) groups is 3. The van der Waals surface area contributed by atoms with E-state index in [-0.39, 0.29) is 11.8 Å². The minimum Gasteiger partial charge on any atom is -0.481 e. The van der Waals surface area contributed by atoms with Crippen molar-refractivity contribution in [3.05, 3.63) is 0 Å². The third-order valence-corrected chi connectivity index (χ3v) is 4.09. The van der Waals surface area contributed by atoms with Crippen LogP contribution in [0.3, 0.4) is 0 Å². The number of hydrogen-bond acceptors (Lipinski definition) is 4. The normalized spacial score (nSPS) is 29.0. The largest absolute Gasteiger partial charge is 0.481 e. The van der Waals surface area contributed by atoms with E-state index in [1.54, 1.807) is 6.92 Å². The molecule has 0 aromatic carbocycles. The Balaban J connectivity index is 1.88. The van der Waals surface area contributed by atoms with E-state index in [4.69, 9.17) is 0 Å². The second kappa shape index (κ2) is 5.28. The van der Waals surface area contributed by atoms with Crippen LogP contribution in [-0.4, -0.2) is 58.9 Å². The van der Waals surface area contributed by atoms with Crippen LogP contribution in [0.25, 0.3) is 0 Å². The van der Waals surface area contributed by atoms with Gasteiger partial charge in [0.2, 0.25) is 11.8 Å². The molecule has 6 nitrogen and oxygen atoms in total. The van der Waals surface area contributed by atoms with Crippen molar-refractivity contribution in [2.24, 2.45) is 5.41 Å². The van der Waals surface area contributed by atoms with Crippen molar-refractivity contribution in [2.75, 3.05) is 26.2 Å². The molecule has 106 valence electrons. The lowest BCUT2D eigenvalue weighted by Crippen LogP contribution is -2.48. The van der Waals surface area contributed by atoms with E-state index in [1.165, 1.54) is 4.90 Å². The number of amides is 2. The summed E-state index contributed by atoms with van der Waals surface area (Å²) >= 11 is 0. The van der Waals surface area contributed by atoms with Crippen molar-refractivity contribution in [3.8, 4) is 0 Å². The molecule has 2 aliphatic rings. The van der Waals surface area contributed by atoms with Crippen molar-refractivity contribution in [2.45, 2.75) is 32.6 Å². The molecule has 19 heavy (non-hydrogen) atoms. The fourth-order valence-corrected chi connectivity index (χ4v) is 2.82. The molecule has 0 bridgehead atoms. The smallest absolute Gasteiger partial charge is 0.310 e. The fraction of sp³-hybridized carbons (Fsp3) is 0.769. The van der Waals surface area contributed by atoms with Gasteiger partial charge in [0.1, 0.15) is 0 Å². The minimum absolute atomic E-state index is 0.108. The number of aliphatic carboxylic acids is 1. The zero-order valence-electron chi connectivity index (χ0n) is 11.2. The van der Waals surface area contributed by atoms with E-state index in [1.807, 2.05) is 4.90 Å². The summed E-state index contributed by atoms with van der Waals surface area (Å²) in [5.41, 5.74) is -0.711. The SMILES string of the molecule is CC1(C(=O)O)CCCN(CCN2C(=O)CCC2=O)C1. The lowest BCUT2D eigenvalue weighted by atomic mass is 9.82. The molecule has 0 aromatic heterocycles. The van der Waals surface area contributed by atoms with Gasteiger partial charge in [0, 0.05) is 32.5 Å². The molecule has 0 spiro atoms. The Morgan fingerprint density at radius 2 is 1.89 bits per heavy atom. The number of nitrogens with zero attached hydrogens (tertiary/aromatic N) is 2. The Morgan fingerprint density at radius 3 is 2.47 bits per heavy atom. The van der Waals surface area contributed by atoms with Gasteiger partial charge in [0.05, 0.1) is 5.41 Å². The van der Waals surface area contributed by atoms with Gasteiger partial charge in [-0.15, -0.1) is 0 Å². The average Bonchev–Trinajstić information content (AvgIpc) is 2.67. The highest BCUT2D eigenvalue weighted by Crippen LogP contribution is 2.29. The molecule has 0 aromatic rings. The second-order valence-corrected chi connectivity index (χ2v) is 5.68. The van der Waals surface area contributed by atoms with Gasteiger partial charge in [-0.25, -0.2) is 0 Å². The first-order chi connectivity index (χ1) is 8.92. The Kier molecular flexibility index (Phi) is 3.89. The van der Waals surface area contributed by atoms with Gasteiger partial charge < -0.3 is 10.0 Å². The predicted molar refractivity (Wildman–Crippen MR) is 67.4 cm³/mol. The van der Waals surface area contributed by atoms with Crippen LogP contribution < -0.4 is 0 Å². The van der Waals surface area contributed by atoms with E-state index < -0.39 is 11.4 Å². The van der Waals surface area contributed by atoms with E-state index in [0.29, 0.717) is 38.9 Å². The number of rotatable bonds is 4. The molecule has 2 fully saturated rings. The molecule has 0 saturated carbocycles. The minimum atomic E-state index is -0.773. The van der Waals surface area contributed by atoms with Gasteiger partial charge in [0.15, 0.2) is 0 Å². The van der Waals surface area contributed by atoms with Crippen LogP contribution in [0.5, 0.6) is 0 Å². The topological polar surface area (TPSA) is 77.9 Å². The maximum Gasteiger partial charge on any atom is 0.310 e. The van der Waals surface area contributed by atoms with E-state index in [0.717, 1.165) is 13.0 Å². The third kappa shape index (κ3) is 2.94. The Hall–Kier alpha value is -1.43. The Bertz CT molecular complexity index is 393. The molecule has 2 saturated heterocycles. The van der Waals surface area contributed by atoms with Gasteiger partial charge in [-0.3, -0.25) is 19.3 Å². The summed E-state index contributed by atoms with van der Waals surface area (Å²) in [5.74, 6) is -0.989. The zero-order valence-corrected chi connectivity index (χ0v) is 11.2. The molecule has 6 heteroatoms. The molecule has 2 amide bonds. The number of imide groups is 1. The highest BCUT2D eigenvalue weighted by Gasteiger charge is 2.38. The summed E-state index contributed by atoms with van der Waals surface area (Å²) in [4.78, 5) is 37.5. The summed E-state index contributed by atoms with van der Waals surface area (Å²) in [7, 11) is 0. The first-order valence-corrected chi connectivity index (χ1v) is 6.71. The monoisotopic (exact) mass is 268 g/mol. The fourth-order valence-electron chi connectivity index (χ4n) is 2.82. The second-order valence-electron chi connectivity index (χ2n) is 5.68. The number of carboxylic acids is 1. The van der Waals surface area contributed by atoms with Gasteiger partial charge >= 0.3 is 5.97 Å². The van der Waals surface area contributed by atoms with E-state index in [2.05, 4.69) is 0 Å². The summed E-state index contributed by atoms with van der Waals surface area (Å²) in [6.07, 6.45) is 2.14. The third-order valence-electron chi connectivity index (χ3n) is 4.09. The maximum absolute atomic E-state index is 11.5.